The first-order valence-electron chi connectivity index (χ1n) is 5.99. The van der Waals surface area contributed by atoms with Gasteiger partial charge in [0.15, 0.2) is 0 Å². The Balaban J connectivity index is 1.94. The predicted molar refractivity (Wildman–Crippen MR) is 65.0 cm³/mol. The van der Waals surface area contributed by atoms with E-state index in [1.165, 1.54) is 12.8 Å². The Morgan fingerprint density at radius 2 is 2.35 bits per heavy atom. The van der Waals surface area contributed by atoms with Crippen molar-refractivity contribution in [2.24, 2.45) is 0 Å². The summed E-state index contributed by atoms with van der Waals surface area (Å²) in [6.45, 7) is 2.88. The zero-order chi connectivity index (χ0) is 11.8. The topological polar surface area (TPSA) is 58.4 Å². The number of nitro benzene ring substituents is 1. The van der Waals surface area contributed by atoms with Crippen molar-refractivity contribution in [3.63, 3.8) is 0 Å². The van der Waals surface area contributed by atoms with E-state index in [1.807, 2.05) is 6.07 Å². The number of hydrogen-bond donors (Lipinski definition) is 1. The summed E-state index contributed by atoms with van der Waals surface area (Å²) < 4.78 is 0. The van der Waals surface area contributed by atoms with E-state index in [1.54, 1.807) is 12.1 Å². The maximum absolute atomic E-state index is 10.8. The Morgan fingerprint density at radius 1 is 1.47 bits per heavy atom. The summed E-state index contributed by atoms with van der Waals surface area (Å²) in [6.07, 6.45) is 2.46. The van der Waals surface area contributed by atoms with Gasteiger partial charge in [-0.15, -0.1) is 0 Å². The molecule has 5 nitrogen and oxygen atoms in total. The molecule has 90 valence electrons. The molecule has 1 unspecified atom stereocenters. The molecule has 1 aromatic carbocycles. The van der Waals surface area contributed by atoms with Crippen LogP contribution in [-0.2, 0) is 6.54 Å². The second-order valence-electron chi connectivity index (χ2n) is 4.75. The lowest BCUT2D eigenvalue weighted by Crippen LogP contribution is -2.31. The fraction of sp³-hybridized carbons (Fsp3) is 0.500. The summed E-state index contributed by atoms with van der Waals surface area (Å²) in [7, 11) is 0. The fourth-order valence-corrected chi connectivity index (χ4v) is 2.78. The molecule has 3 rings (SSSR count). The average Bonchev–Trinajstić information content (AvgIpc) is 2.68. The summed E-state index contributed by atoms with van der Waals surface area (Å²) in [6, 6.07) is 5.68. The lowest BCUT2D eigenvalue weighted by atomic mass is 10.1. The molecule has 1 fully saturated rings. The van der Waals surface area contributed by atoms with Crippen molar-refractivity contribution in [2.45, 2.75) is 25.4 Å². The van der Waals surface area contributed by atoms with Crippen molar-refractivity contribution < 1.29 is 4.92 Å². The van der Waals surface area contributed by atoms with Crippen molar-refractivity contribution in [2.75, 3.05) is 18.4 Å². The van der Waals surface area contributed by atoms with Crippen LogP contribution in [0.1, 0.15) is 18.4 Å². The molecule has 2 heterocycles. The van der Waals surface area contributed by atoms with E-state index in [-0.39, 0.29) is 10.6 Å². The van der Waals surface area contributed by atoms with Gasteiger partial charge in [0, 0.05) is 37.0 Å². The van der Waals surface area contributed by atoms with Crippen LogP contribution >= 0.6 is 0 Å². The number of rotatable bonds is 1. The zero-order valence-electron chi connectivity index (χ0n) is 9.56. The van der Waals surface area contributed by atoms with Gasteiger partial charge in [-0.1, -0.05) is 0 Å². The van der Waals surface area contributed by atoms with E-state index < -0.39 is 0 Å². The van der Waals surface area contributed by atoms with Crippen LogP contribution in [0.15, 0.2) is 18.2 Å². The average molecular weight is 233 g/mol. The molecule has 0 amide bonds. The molecule has 0 radical (unpaired) electrons. The summed E-state index contributed by atoms with van der Waals surface area (Å²) in [4.78, 5) is 12.9. The third kappa shape index (κ3) is 1.86. The highest BCUT2D eigenvalue weighted by Crippen LogP contribution is 2.30. The lowest BCUT2D eigenvalue weighted by Gasteiger charge is -2.20. The Labute approximate surface area is 99.6 Å². The predicted octanol–water partition coefficient (Wildman–Crippen LogP) is 1.98. The zero-order valence-corrected chi connectivity index (χ0v) is 9.56. The summed E-state index contributed by atoms with van der Waals surface area (Å²) in [5, 5.41) is 14.2. The van der Waals surface area contributed by atoms with Crippen LogP contribution in [0.3, 0.4) is 0 Å². The number of hydrogen-bond acceptors (Lipinski definition) is 4. The molecular formula is C12H15N3O2. The van der Waals surface area contributed by atoms with Gasteiger partial charge in [-0.2, -0.15) is 0 Å². The summed E-state index contributed by atoms with van der Waals surface area (Å²) in [5.74, 6) is 0. The van der Waals surface area contributed by atoms with Crippen molar-refractivity contribution >= 4 is 11.4 Å². The second kappa shape index (κ2) is 4.00. The lowest BCUT2D eigenvalue weighted by molar-refractivity contribution is -0.384. The SMILES string of the molecule is O=[N+]([O-])c1ccc2c(c1)CN1CCCC1CN2. The highest BCUT2D eigenvalue weighted by molar-refractivity contribution is 5.56. The van der Waals surface area contributed by atoms with Crippen LogP contribution < -0.4 is 5.32 Å². The molecule has 1 saturated heterocycles. The molecule has 2 aliphatic heterocycles. The van der Waals surface area contributed by atoms with Crippen LogP contribution in [0.25, 0.3) is 0 Å². The maximum atomic E-state index is 10.8. The van der Waals surface area contributed by atoms with Crippen molar-refractivity contribution in [3.8, 4) is 0 Å². The van der Waals surface area contributed by atoms with Crippen molar-refractivity contribution in [3.05, 3.63) is 33.9 Å². The Morgan fingerprint density at radius 3 is 3.18 bits per heavy atom. The maximum Gasteiger partial charge on any atom is 0.269 e. The Kier molecular flexibility index (Phi) is 2.48. The van der Waals surface area contributed by atoms with Gasteiger partial charge in [-0.05, 0) is 31.0 Å². The van der Waals surface area contributed by atoms with Gasteiger partial charge in [0.25, 0.3) is 5.69 Å². The number of fused-ring (bicyclic) bond motifs is 2. The van der Waals surface area contributed by atoms with E-state index >= 15 is 0 Å². The van der Waals surface area contributed by atoms with Crippen LogP contribution in [0.5, 0.6) is 0 Å². The highest BCUT2D eigenvalue weighted by Gasteiger charge is 2.28. The van der Waals surface area contributed by atoms with Gasteiger partial charge in [0.05, 0.1) is 4.92 Å². The van der Waals surface area contributed by atoms with Crippen molar-refractivity contribution in [1.82, 2.24) is 4.90 Å². The van der Waals surface area contributed by atoms with Crippen molar-refractivity contribution in [1.29, 1.82) is 0 Å². The molecule has 0 spiro atoms. The first-order valence-corrected chi connectivity index (χ1v) is 5.99. The number of non-ortho nitro benzene ring substituents is 1. The first kappa shape index (κ1) is 10.5. The molecule has 5 heteroatoms. The van der Waals surface area contributed by atoms with E-state index in [0.29, 0.717) is 6.04 Å². The van der Waals surface area contributed by atoms with Gasteiger partial charge in [0.1, 0.15) is 0 Å². The second-order valence-corrected chi connectivity index (χ2v) is 4.75. The largest absolute Gasteiger partial charge is 0.383 e. The molecule has 17 heavy (non-hydrogen) atoms. The molecule has 1 N–H and O–H groups in total. The number of nitrogens with one attached hydrogen (secondary N) is 1. The number of anilines is 1. The van der Waals surface area contributed by atoms with Gasteiger partial charge in [0.2, 0.25) is 0 Å². The minimum Gasteiger partial charge on any atom is -0.383 e. The molecule has 0 aliphatic carbocycles. The van der Waals surface area contributed by atoms with Crippen LogP contribution in [-0.4, -0.2) is 29.0 Å². The molecular weight excluding hydrogens is 218 g/mol. The number of nitro groups is 1. The first-order chi connectivity index (χ1) is 8.24. The van der Waals surface area contributed by atoms with Gasteiger partial charge in [-0.25, -0.2) is 0 Å². The van der Waals surface area contributed by atoms with Gasteiger partial charge < -0.3 is 5.32 Å². The van der Waals surface area contributed by atoms with Crippen LogP contribution in [0, 0.1) is 10.1 Å². The normalized spacial score (nSPS) is 23.4. The number of nitrogens with zero attached hydrogens (tertiary/aromatic N) is 2. The standard InChI is InChI=1S/C12H15N3O2/c16-15(17)10-3-4-12-9(6-10)8-14-5-1-2-11(14)7-13-12/h3-4,6,11,13H,1-2,5,7-8H2. The quantitative estimate of drug-likeness (QED) is 0.595. The molecule has 1 atom stereocenters. The van der Waals surface area contributed by atoms with E-state index in [2.05, 4.69) is 10.2 Å². The van der Waals surface area contributed by atoms with Gasteiger partial charge in [-0.3, -0.25) is 15.0 Å². The highest BCUT2D eigenvalue weighted by atomic mass is 16.6. The molecule has 0 saturated carbocycles. The fourth-order valence-electron chi connectivity index (χ4n) is 2.78. The van der Waals surface area contributed by atoms with E-state index in [0.717, 1.165) is 30.9 Å². The third-order valence-corrected chi connectivity index (χ3v) is 3.70. The minimum atomic E-state index is -0.327. The smallest absolute Gasteiger partial charge is 0.269 e. The molecule has 0 bridgehead atoms. The van der Waals surface area contributed by atoms with Gasteiger partial charge >= 0.3 is 0 Å². The Bertz CT molecular complexity index is 461. The van der Waals surface area contributed by atoms with E-state index in [9.17, 15) is 10.1 Å². The summed E-state index contributed by atoms with van der Waals surface area (Å²) in [5.41, 5.74) is 2.27. The van der Waals surface area contributed by atoms with E-state index in [4.69, 9.17) is 0 Å². The monoisotopic (exact) mass is 233 g/mol. The van der Waals surface area contributed by atoms with Crippen LogP contribution in [0.2, 0.25) is 0 Å². The van der Waals surface area contributed by atoms with Crippen LogP contribution in [0.4, 0.5) is 11.4 Å². The molecule has 1 aromatic rings. The number of benzene rings is 1. The minimum absolute atomic E-state index is 0.184. The Hall–Kier alpha value is -1.62. The third-order valence-electron chi connectivity index (χ3n) is 3.70. The molecule has 2 aliphatic rings. The summed E-state index contributed by atoms with van der Waals surface area (Å²) >= 11 is 0. The molecule has 0 aromatic heterocycles.